The van der Waals surface area contributed by atoms with Crippen LogP contribution in [-0.2, 0) is 0 Å². The van der Waals surface area contributed by atoms with E-state index in [1.165, 1.54) is 0 Å². The number of aromatic nitrogens is 3. The molecule has 19 heavy (non-hydrogen) atoms. The van der Waals surface area contributed by atoms with Crippen molar-refractivity contribution in [2.75, 3.05) is 0 Å². The number of alkyl halides is 1. The second kappa shape index (κ2) is 5.17. The van der Waals surface area contributed by atoms with Crippen molar-refractivity contribution in [2.45, 2.75) is 37.1 Å². The van der Waals surface area contributed by atoms with Crippen molar-refractivity contribution in [3.63, 3.8) is 0 Å². The van der Waals surface area contributed by atoms with Gasteiger partial charge in [-0.1, -0.05) is 0 Å². The molecule has 2 heterocycles. The van der Waals surface area contributed by atoms with Gasteiger partial charge in [0.1, 0.15) is 0 Å². The summed E-state index contributed by atoms with van der Waals surface area (Å²) in [5.74, 6) is -0.0824. The zero-order chi connectivity index (χ0) is 13.2. The highest BCUT2D eigenvalue weighted by Gasteiger charge is 2.22. The van der Waals surface area contributed by atoms with E-state index < -0.39 is 0 Å². The quantitative estimate of drug-likeness (QED) is 0.855. The van der Waals surface area contributed by atoms with Crippen molar-refractivity contribution in [1.29, 1.82) is 0 Å². The van der Waals surface area contributed by atoms with Crippen molar-refractivity contribution in [3.8, 4) is 0 Å². The smallest absolute Gasteiger partial charge is 0.255 e. The molecular weight excluding hydrogens is 264 g/mol. The fraction of sp³-hybridized carbons (Fsp3) is 0.462. The van der Waals surface area contributed by atoms with Gasteiger partial charge < -0.3 is 5.32 Å². The molecule has 0 aliphatic heterocycles. The van der Waals surface area contributed by atoms with Gasteiger partial charge in [-0.15, -0.1) is 11.6 Å². The van der Waals surface area contributed by atoms with Crippen molar-refractivity contribution in [2.24, 2.45) is 0 Å². The number of hydrogen-bond donors (Lipinski definition) is 1. The highest BCUT2D eigenvalue weighted by molar-refractivity contribution is 6.20. The fourth-order valence-corrected chi connectivity index (χ4v) is 2.72. The minimum Gasteiger partial charge on any atom is -0.349 e. The molecule has 0 spiro atoms. The highest BCUT2D eigenvalue weighted by Crippen LogP contribution is 2.23. The predicted octanol–water partition coefficient (Wildman–Crippen LogP) is 2.01. The molecule has 1 aliphatic rings. The number of rotatable bonds is 2. The molecule has 1 fully saturated rings. The summed E-state index contributed by atoms with van der Waals surface area (Å²) in [5.41, 5.74) is 1.30. The molecule has 0 saturated heterocycles. The van der Waals surface area contributed by atoms with E-state index in [1.807, 2.05) is 0 Å². The third-order valence-corrected chi connectivity index (χ3v) is 4.00. The zero-order valence-corrected chi connectivity index (χ0v) is 11.2. The van der Waals surface area contributed by atoms with Crippen LogP contribution in [0.2, 0.25) is 0 Å². The van der Waals surface area contributed by atoms with Gasteiger partial charge >= 0.3 is 0 Å². The van der Waals surface area contributed by atoms with Gasteiger partial charge in [0.15, 0.2) is 0 Å². The number of carbonyl (C=O) groups is 1. The van der Waals surface area contributed by atoms with Crippen LogP contribution < -0.4 is 5.32 Å². The normalized spacial score (nSPS) is 23.4. The number of fused-ring (bicyclic) bond motifs is 1. The average molecular weight is 279 g/mol. The molecule has 0 unspecified atom stereocenters. The first kappa shape index (κ1) is 12.4. The lowest BCUT2D eigenvalue weighted by atomic mass is 9.95. The lowest BCUT2D eigenvalue weighted by molar-refractivity contribution is 0.0929. The molecular formula is C13H15ClN4O. The number of amides is 1. The van der Waals surface area contributed by atoms with Crippen molar-refractivity contribution >= 4 is 23.0 Å². The Kier molecular flexibility index (Phi) is 3.38. The van der Waals surface area contributed by atoms with Gasteiger partial charge in [-0.05, 0) is 25.7 Å². The summed E-state index contributed by atoms with van der Waals surface area (Å²) in [6.45, 7) is 0. The van der Waals surface area contributed by atoms with E-state index in [2.05, 4.69) is 15.4 Å². The molecule has 0 radical (unpaired) electrons. The van der Waals surface area contributed by atoms with Crippen LogP contribution >= 0.6 is 11.6 Å². The van der Waals surface area contributed by atoms with E-state index in [0.29, 0.717) is 5.56 Å². The molecule has 5 nitrogen and oxygen atoms in total. The maximum Gasteiger partial charge on any atom is 0.255 e. The summed E-state index contributed by atoms with van der Waals surface area (Å²) in [6.07, 6.45) is 10.4. The van der Waals surface area contributed by atoms with E-state index in [9.17, 15) is 4.79 Å². The summed E-state index contributed by atoms with van der Waals surface area (Å²) in [6, 6.07) is 0.217. The Morgan fingerprint density at radius 2 is 2.11 bits per heavy atom. The zero-order valence-electron chi connectivity index (χ0n) is 10.4. The van der Waals surface area contributed by atoms with E-state index in [-0.39, 0.29) is 17.3 Å². The standard InChI is InChI=1S/C13H15ClN4O/c14-9-1-3-10(4-2-9)17-13(19)11-7-16-18-6-5-15-8-12(11)18/h5-10H,1-4H2,(H,17,19). The monoisotopic (exact) mass is 278 g/mol. The molecule has 1 aliphatic carbocycles. The molecule has 1 saturated carbocycles. The van der Waals surface area contributed by atoms with Crippen LogP contribution in [0.5, 0.6) is 0 Å². The van der Waals surface area contributed by atoms with Gasteiger partial charge in [0.05, 0.1) is 23.5 Å². The second-order valence-corrected chi connectivity index (χ2v) is 5.50. The summed E-state index contributed by atoms with van der Waals surface area (Å²) >= 11 is 6.06. The Morgan fingerprint density at radius 3 is 2.89 bits per heavy atom. The van der Waals surface area contributed by atoms with Crippen molar-refractivity contribution in [3.05, 3.63) is 30.4 Å². The molecule has 1 amide bonds. The first-order chi connectivity index (χ1) is 9.24. The lowest BCUT2D eigenvalue weighted by Gasteiger charge is -2.25. The Balaban J connectivity index is 1.73. The molecule has 100 valence electrons. The number of hydrogen-bond acceptors (Lipinski definition) is 3. The van der Waals surface area contributed by atoms with E-state index in [1.54, 1.807) is 29.3 Å². The van der Waals surface area contributed by atoms with Crippen molar-refractivity contribution < 1.29 is 4.79 Å². The highest BCUT2D eigenvalue weighted by atomic mass is 35.5. The Hall–Kier alpha value is -1.62. The van der Waals surface area contributed by atoms with E-state index in [4.69, 9.17) is 11.6 Å². The van der Waals surface area contributed by atoms with Crippen LogP contribution in [0.25, 0.3) is 5.52 Å². The van der Waals surface area contributed by atoms with E-state index >= 15 is 0 Å². The van der Waals surface area contributed by atoms with Crippen LogP contribution in [0.3, 0.4) is 0 Å². The van der Waals surface area contributed by atoms with Gasteiger partial charge in [-0.25, -0.2) is 4.52 Å². The first-order valence-corrected chi connectivity index (χ1v) is 6.90. The average Bonchev–Trinajstić information content (AvgIpc) is 2.85. The van der Waals surface area contributed by atoms with Gasteiger partial charge in [-0.2, -0.15) is 5.10 Å². The van der Waals surface area contributed by atoms with Gasteiger partial charge in [0.25, 0.3) is 5.91 Å². The Labute approximate surface area is 116 Å². The molecule has 2 aromatic heterocycles. The topological polar surface area (TPSA) is 59.3 Å². The molecule has 6 heteroatoms. The third-order valence-electron chi connectivity index (χ3n) is 3.56. The van der Waals surface area contributed by atoms with E-state index in [0.717, 1.165) is 31.2 Å². The minimum atomic E-state index is -0.0824. The van der Waals surface area contributed by atoms with Gasteiger partial charge in [0, 0.05) is 23.8 Å². The third kappa shape index (κ3) is 2.56. The van der Waals surface area contributed by atoms with Gasteiger partial charge in [-0.3, -0.25) is 9.78 Å². The Morgan fingerprint density at radius 1 is 1.32 bits per heavy atom. The molecule has 2 aromatic rings. The number of nitrogens with one attached hydrogen (secondary N) is 1. The molecule has 0 bridgehead atoms. The summed E-state index contributed by atoms with van der Waals surface area (Å²) in [4.78, 5) is 16.3. The maximum atomic E-state index is 12.2. The van der Waals surface area contributed by atoms with Crippen LogP contribution in [0.15, 0.2) is 24.8 Å². The predicted molar refractivity (Wildman–Crippen MR) is 72.4 cm³/mol. The summed E-state index contributed by atoms with van der Waals surface area (Å²) in [5, 5.41) is 7.45. The van der Waals surface area contributed by atoms with Crippen LogP contribution in [0.4, 0.5) is 0 Å². The number of nitrogens with zero attached hydrogens (tertiary/aromatic N) is 3. The maximum absolute atomic E-state index is 12.2. The van der Waals surface area contributed by atoms with Crippen LogP contribution in [0, 0.1) is 0 Å². The second-order valence-electron chi connectivity index (χ2n) is 4.89. The van der Waals surface area contributed by atoms with Crippen LogP contribution in [0.1, 0.15) is 36.0 Å². The summed E-state index contributed by atoms with van der Waals surface area (Å²) < 4.78 is 1.65. The first-order valence-electron chi connectivity index (χ1n) is 6.46. The van der Waals surface area contributed by atoms with Gasteiger partial charge in [0.2, 0.25) is 0 Å². The molecule has 0 aromatic carbocycles. The summed E-state index contributed by atoms with van der Waals surface area (Å²) in [7, 11) is 0. The minimum absolute atomic E-state index is 0.0824. The molecule has 3 rings (SSSR count). The Bertz CT molecular complexity index is 589. The van der Waals surface area contributed by atoms with Crippen LogP contribution in [-0.4, -0.2) is 31.9 Å². The number of carbonyl (C=O) groups excluding carboxylic acids is 1. The largest absolute Gasteiger partial charge is 0.349 e. The number of halogens is 1. The van der Waals surface area contributed by atoms with Crippen molar-refractivity contribution in [1.82, 2.24) is 19.9 Å². The molecule has 0 atom stereocenters. The SMILES string of the molecule is O=C(NC1CCC(Cl)CC1)c1cnn2ccncc12. The molecule has 1 N–H and O–H groups in total. The fourth-order valence-electron chi connectivity index (χ4n) is 2.47. The lowest BCUT2D eigenvalue weighted by Crippen LogP contribution is -2.37.